The highest BCUT2D eigenvalue weighted by Crippen LogP contribution is 2.38. The van der Waals surface area contributed by atoms with Crippen molar-refractivity contribution in [1.82, 2.24) is 24.5 Å². The Balaban J connectivity index is 0.927. The number of aromatic nitrogens is 5. The minimum atomic E-state index is -1.07. The van der Waals surface area contributed by atoms with Crippen molar-refractivity contribution in [3.05, 3.63) is 125 Å². The van der Waals surface area contributed by atoms with E-state index in [9.17, 15) is 9.59 Å². The number of carbonyl (C=O) groups excluding carboxylic acids is 1. The van der Waals surface area contributed by atoms with Gasteiger partial charge in [0.1, 0.15) is 24.8 Å². The number of carbonyl (C=O) groups is 1. The molecular weight excluding hydrogens is 648 g/mol. The molecule has 0 saturated carbocycles. The molecule has 2 aliphatic rings. The molecule has 0 radical (unpaired) electrons. The molecule has 0 spiro atoms. The summed E-state index contributed by atoms with van der Waals surface area (Å²) in [7, 11) is 0. The van der Waals surface area contributed by atoms with Gasteiger partial charge < -0.3 is 29.7 Å². The van der Waals surface area contributed by atoms with Crippen LogP contribution in [0, 0.1) is 0 Å². The molecule has 1 unspecified atom stereocenters. The molecule has 5 aromatic rings. The van der Waals surface area contributed by atoms with Gasteiger partial charge in [0.2, 0.25) is 5.91 Å². The molecule has 2 N–H and O–H groups in total. The lowest BCUT2D eigenvalue weighted by Gasteiger charge is -2.37. The maximum Gasteiger partial charge on any atom is 0.350 e. The number of benzene rings is 3. The van der Waals surface area contributed by atoms with Crippen molar-refractivity contribution in [1.29, 1.82) is 0 Å². The molecule has 13 nitrogen and oxygen atoms in total. The van der Waals surface area contributed by atoms with E-state index < -0.39 is 11.7 Å². The van der Waals surface area contributed by atoms with Crippen LogP contribution in [0.4, 0.5) is 11.4 Å². The van der Waals surface area contributed by atoms with Crippen LogP contribution < -0.4 is 26.0 Å². The number of anilines is 2. The van der Waals surface area contributed by atoms with E-state index >= 15 is 0 Å². The van der Waals surface area contributed by atoms with Crippen molar-refractivity contribution in [2.45, 2.75) is 44.6 Å². The van der Waals surface area contributed by atoms with E-state index in [-0.39, 0.29) is 17.8 Å². The third-order valence-electron chi connectivity index (χ3n) is 9.66. The van der Waals surface area contributed by atoms with Gasteiger partial charge in [0, 0.05) is 61.3 Å². The molecule has 51 heavy (non-hydrogen) atoms. The van der Waals surface area contributed by atoms with Gasteiger partial charge in [0.05, 0.1) is 24.5 Å². The number of piperazine rings is 1. The van der Waals surface area contributed by atoms with Crippen LogP contribution in [0.5, 0.6) is 5.75 Å². The molecular formula is C38H42N8O5. The van der Waals surface area contributed by atoms with Crippen molar-refractivity contribution < 1.29 is 19.0 Å². The molecule has 4 heterocycles. The Hall–Kier alpha value is -5.53. The Morgan fingerprint density at radius 1 is 0.922 bits per heavy atom. The van der Waals surface area contributed by atoms with Crippen LogP contribution in [0.25, 0.3) is 5.69 Å². The van der Waals surface area contributed by atoms with Gasteiger partial charge in [-0.2, -0.15) is 15.3 Å². The highest BCUT2D eigenvalue weighted by atomic mass is 16.8. The van der Waals surface area contributed by atoms with Gasteiger partial charge in [0.15, 0.2) is 5.79 Å². The second-order valence-corrected chi connectivity index (χ2v) is 13.0. The number of hydrogen-bond acceptors (Lipinski definition) is 10. The summed E-state index contributed by atoms with van der Waals surface area (Å²) in [6, 6.07) is 25.2. The smallest absolute Gasteiger partial charge is 0.350 e. The zero-order valence-electron chi connectivity index (χ0n) is 28.8. The number of amides is 1. The summed E-state index contributed by atoms with van der Waals surface area (Å²) >= 11 is 0. The average Bonchev–Trinajstić information content (AvgIpc) is 3.78. The Morgan fingerprint density at radius 2 is 1.57 bits per heavy atom. The van der Waals surface area contributed by atoms with Crippen LogP contribution in [0.2, 0.25) is 0 Å². The number of primary amides is 1. The van der Waals surface area contributed by atoms with Crippen molar-refractivity contribution in [2.24, 2.45) is 5.73 Å². The summed E-state index contributed by atoms with van der Waals surface area (Å²) in [5.74, 6) is -0.819. The molecule has 0 bridgehead atoms. The van der Waals surface area contributed by atoms with E-state index in [1.807, 2.05) is 56.3 Å². The summed E-state index contributed by atoms with van der Waals surface area (Å²) in [4.78, 5) is 29.2. The number of rotatable bonds is 12. The van der Waals surface area contributed by atoms with Crippen molar-refractivity contribution in [3.8, 4) is 11.4 Å². The van der Waals surface area contributed by atoms with Crippen LogP contribution in [-0.2, 0) is 21.7 Å². The van der Waals surface area contributed by atoms with E-state index in [0.717, 1.165) is 66.5 Å². The average molecular weight is 691 g/mol. The Bertz CT molecular complexity index is 1970. The Morgan fingerprint density at radius 3 is 2.18 bits per heavy atom. The monoisotopic (exact) mass is 690 g/mol. The normalized spacial score (nSPS) is 19.6. The topological polar surface area (TPSA) is 143 Å². The quantitative estimate of drug-likeness (QED) is 0.203. The van der Waals surface area contributed by atoms with Gasteiger partial charge in [-0.3, -0.25) is 4.79 Å². The molecule has 3 aromatic carbocycles. The molecule has 2 aromatic heterocycles. The molecule has 3 atom stereocenters. The fourth-order valence-electron chi connectivity index (χ4n) is 6.53. The lowest BCUT2D eigenvalue weighted by molar-refractivity contribution is -0.178. The highest BCUT2D eigenvalue weighted by Gasteiger charge is 2.44. The number of nitrogens with two attached hydrogens (primary N) is 1. The zero-order valence-corrected chi connectivity index (χ0v) is 28.8. The van der Waals surface area contributed by atoms with E-state index in [4.69, 9.17) is 19.9 Å². The molecule has 1 amide bonds. The first-order valence-corrected chi connectivity index (χ1v) is 17.3. The first kappa shape index (κ1) is 33.9. The van der Waals surface area contributed by atoms with Gasteiger partial charge in [-0.05, 0) is 85.6 Å². The van der Waals surface area contributed by atoms with Crippen LogP contribution in [0.1, 0.15) is 47.8 Å². The van der Waals surface area contributed by atoms with Crippen molar-refractivity contribution in [3.63, 3.8) is 0 Å². The van der Waals surface area contributed by atoms with Crippen molar-refractivity contribution in [2.75, 3.05) is 49.2 Å². The van der Waals surface area contributed by atoms with Crippen LogP contribution in [0.3, 0.4) is 0 Å². The zero-order chi connectivity index (χ0) is 35.4. The summed E-state index contributed by atoms with van der Waals surface area (Å²) in [5.41, 5.74) is 10.5. The minimum Gasteiger partial charge on any atom is -0.491 e. The van der Waals surface area contributed by atoms with E-state index in [2.05, 4.69) is 49.4 Å². The molecule has 7 rings (SSSR count). The van der Waals surface area contributed by atoms with Crippen LogP contribution in [0.15, 0.2) is 102 Å². The predicted octanol–water partition coefficient (Wildman–Crippen LogP) is 4.11. The maximum absolute atomic E-state index is 12.8. The molecule has 2 saturated heterocycles. The number of nitrogens with zero attached hydrogens (tertiary/aromatic N) is 7. The number of hydrogen-bond donors (Lipinski definition) is 1. The van der Waals surface area contributed by atoms with Gasteiger partial charge >= 0.3 is 5.69 Å². The molecule has 0 aliphatic carbocycles. The SMILES string of the molecule is CCC(C)n1ncn(-c2ccc(N3CCN(c4ccc(OC[C@@H]5CO[C@](Cc6ccnnc6)(c6ccc(C(N)=O)cc6)O5)cc4)CC3)cc2)c1=O. The lowest BCUT2D eigenvalue weighted by atomic mass is 9.97. The van der Waals surface area contributed by atoms with E-state index in [1.54, 1.807) is 35.4 Å². The highest BCUT2D eigenvalue weighted by molar-refractivity contribution is 5.92. The standard InChI is InChI=1S/C38H42N8O5/c1-3-27(2)46-37(48)45(26-42-46)33-10-8-31(9-11-33)43-18-20-44(21-19-43)32-12-14-34(15-13-32)49-24-35-25-50-38(51-35,22-28-16-17-40-41-23-28)30-6-4-29(5-7-30)36(39)47/h4-17,23,26-27,35H,3,18-22,24-25H2,1-2H3,(H2,39,47)/t27?,35-,38+/m1/s1. The second kappa shape index (κ2) is 14.8. The Labute approximate surface area is 296 Å². The maximum atomic E-state index is 12.8. The van der Waals surface area contributed by atoms with Gasteiger partial charge in [-0.25, -0.2) is 14.0 Å². The largest absolute Gasteiger partial charge is 0.491 e. The number of ether oxygens (including phenoxy) is 3. The summed E-state index contributed by atoms with van der Waals surface area (Å²) in [6.07, 6.45) is 5.85. The minimum absolute atomic E-state index is 0.0608. The summed E-state index contributed by atoms with van der Waals surface area (Å²) in [5, 5.41) is 12.2. The molecule has 13 heteroatoms. The lowest BCUT2D eigenvalue weighted by Crippen LogP contribution is -2.46. The predicted molar refractivity (Wildman–Crippen MR) is 192 cm³/mol. The molecule has 2 aliphatic heterocycles. The fraction of sp³-hybridized carbons (Fsp3) is 0.342. The summed E-state index contributed by atoms with van der Waals surface area (Å²) < 4.78 is 22.1. The van der Waals surface area contributed by atoms with Gasteiger partial charge in [0.25, 0.3) is 0 Å². The fourth-order valence-corrected chi connectivity index (χ4v) is 6.53. The van der Waals surface area contributed by atoms with E-state index in [0.29, 0.717) is 25.2 Å². The first-order valence-electron chi connectivity index (χ1n) is 17.3. The Kier molecular flexibility index (Phi) is 9.82. The first-order chi connectivity index (χ1) is 24.8. The third kappa shape index (κ3) is 7.35. The third-order valence-corrected chi connectivity index (χ3v) is 9.66. The van der Waals surface area contributed by atoms with Crippen LogP contribution >= 0.6 is 0 Å². The van der Waals surface area contributed by atoms with Crippen LogP contribution in [-0.4, -0.2) is 75.9 Å². The summed E-state index contributed by atoms with van der Waals surface area (Å²) in [6.45, 7) is 8.21. The second-order valence-electron chi connectivity index (χ2n) is 13.0. The van der Waals surface area contributed by atoms with E-state index in [1.165, 1.54) is 4.68 Å². The van der Waals surface area contributed by atoms with Gasteiger partial charge in [-0.1, -0.05) is 19.1 Å². The van der Waals surface area contributed by atoms with Crippen molar-refractivity contribution >= 4 is 17.3 Å². The molecule has 264 valence electrons. The van der Waals surface area contributed by atoms with Gasteiger partial charge in [-0.15, -0.1) is 0 Å². The molecule has 2 fully saturated rings.